The van der Waals surface area contributed by atoms with Crippen LogP contribution in [0.25, 0.3) is 22.0 Å². The highest BCUT2D eigenvalue weighted by Crippen LogP contribution is 2.39. The highest BCUT2D eigenvalue weighted by atomic mass is 32.1. The minimum atomic E-state index is -0.343. The highest BCUT2D eigenvalue weighted by molar-refractivity contribution is 7.13. The molecule has 3 aromatic rings. The van der Waals surface area contributed by atoms with Crippen LogP contribution in [0.5, 0.6) is 5.75 Å². The van der Waals surface area contributed by atoms with E-state index in [9.17, 15) is 4.79 Å². The summed E-state index contributed by atoms with van der Waals surface area (Å²) in [7, 11) is 1.69. The topological polar surface area (TPSA) is 65.4 Å². The normalized spacial score (nSPS) is 16.0. The Morgan fingerprint density at radius 2 is 2.14 bits per heavy atom. The van der Waals surface area contributed by atoms with Gasteiger partial charge in [-0.15, -0.1) is 11.3 Å². The lowest BCUT2D eigenvalue weighted by atomic mass is 9.94. The summed E-state index contributed by atoms with van der Waals surface area (Å²) in [6.07, 6.45) is 5.70. The Hall–Kier alpha value is -3.16. The number of methoxy groups -OCH3 is 1. The molecule has 0 saturated carbocycles. The average Bonchev–Trinajstić information content (AvgIpc) is 3.48. The Morgan fingerprint density at radius 3 is 2.77 bits per heavy atom. The molecular weight excluding hydrogens is 458 g/mol. The van der Waals surface area contributed by atoms with Gasteiger partial charge in [-0.1, -0.05) is 38.6 Å². The summed E-state index contributed by atoms with van der Waals surface area (Å²) in [6.45, 7) is 11.6. The summed E-state index contributed by atoms with van der Waals surface area (Å²) in [6, 6.07) is 8.29. The number of fused-ring (bicyclic) bond motifs is 3. The minimum Gasteiger partial charge on any atom is -0.496 e. The van der Waals surface area contributed by atoms with Crippen molar-refractivity contribution in [1.29, 1.82) is 0 Å². The van der Waals surface area contributed by atoms with Crippen LogP contribution in [0.4, 0.5) is 0 Å². The van der Waals surface area contributed by atoms with Crippen LogP contribution >= 0.6 is 11.3 Å². The van der Waals surface area contributed by atoms with Gasteiger partial charge in [0, 0.05) is 5.56 Å². The van der Waals surface area contributed by atoms with Crippen LogP contribution < -0.4 is 10.1 Å². The van der Waals surface area contributed by atoms with Gasteiger partial charge in [-0.05, 0) is 60.4 Å². The van der Waals surface area contributed by atoms with Crippen molar-refractivity contribution in [3.63, 3.8) is 0 Å². The number of aryl methyl sites for hydroxylation is 1. The van der Waals surface area contributed by atoms with Crippen molar-refractivity contribution in [1.82, 2.24) is 14.9 Å². The number of thiophene rings is 1. The quantitative estimate of drug-likeness (QED) is 0.448. The molecule has 0 bridgehead atoms. The standard InChI is InChI=1S/C28H31N3O3S/c1-17(2)8-9-18(3)20-14-22-19(13-23(20)33-5)10-11-21-25(27(32)30-28(4)15-34-16-28)29-26(31(21)22)24-7-6-12-35-24/h6-9,12-14,17H,3,10-11,15-16H2,1-2,4-5H3,(H,30,32)/b9-8-. The molecule has 2 aliphatic heterocycles. The predicted molar refractivity (Wildman–Crippen MR) is 141 cm³/mol. The molecule has 1 fully saturated rings. The Bertz CT molecular complexity index is 1310. The molecule has 1 saturated heterocycles. The molecule has 1 amide bonds. The number of allylic oxidation sites excluding steroid dienone is 3. The van der Waals surface area contributed by atoms with Gasteiger partial charge in [-0.2, -0.15) is 0 Å². The number of benzene rings is 1. The Morgan fingerprint density at radius 1 is 1.34 bits per heavy atom. The maximum Gasteiger partial charge on any atom is 0.272 e. The molecule has 0 radical (unpaired) electrons. The number of imidazole rings is 1. The van der Waals surface area contributed by atoms with Crippen molar-refractivity contribution in [3.8, 4) is 22.1 Å². The van der Waals surface area contributed by atoms with E-state index in [2.05, 4.69) is 48.5 Å². The van der Waals surface area contributed by atoms with Crippen LogP contribution in [-0.4, -0.2) is 41.3 Å². The van der Waals surface area contributed by atoms with Crippen LogP contribution in [-0.2, 0) is 17.6 Å². The molecule has 2 aliphatic rings. The lowest BCUT2D eigenvalue weighted by Crippen LogP contribution is -2.60. The summed E-state index contributed by atoms with van der Waals surface area (Å²) in [5.41, 5.74) is 5.09. The van der Waals surface area contributed by atoms with Gasteiger partial charge in [0.1, 0.15) is 5.75 Å². The average molecular weight is 490 g/mol. The molecule has 0 aliphatic carbocycles. The second-order valence-corrected chi connectivity index (χ2v) is 10.8. The Kier molecular flexibility index (Phi) is 6.15. The molecule has 0 spiro atoms. The third kappa shape index (κ3) is 4.34. The number of nitrogens with zero attached hydrogens (tertiary/aromatic N) is 2. The van der Waals surface area contributed by atoms with Crippen LogP contribution in [0.3, 0.4) is 0 Å². The van der Waals surface area contributed by atoms with Gasteiger partial charge in [0.15, 0.2) is 11.5 Å². The van der Waals surface area contributed by atoms with Gasteiger partial charge in [0.2, 0.25) is 0 Å². The van der Waals surface area contributed by atoms with Crippen LogP contribution in [0.15, 0.2) is 48.4 Å². The zero-order valence-electron chi connectivity index (χ0n) is 20.7. The lowest BCUT2D eigenvalue weighted by Gasteiger charge is -2.38. The second-order valence-electron chi connectivity index (χ2n) is 9.86. The van der Waals surface area contributed by atoms with E-state index in [1.165, 1.54) is 5.56 Å². The largest absolute Gasteiger partial charge is 0.496 e. The predicted octanol–water partition coefficient (Wildman–Crippen LogP) is 5.45. The first-order valence-electron chi connectivity index (χ1n) is 11.9. The first kappa shape index (κ1) is 23.6. The zero-order valence-corrected chi connectivity index (χ0v) is 21.5. The van der Waals surface area contributed by atoms with Gasteiger partial charge < -0.3 is 14.8 Å². The third-order valence-electron chi connectivity index (χ3n) is 6.49. The first-order chi connectivity index (χ1) is 16.8. The molecule has 7 heteroatoms. The number of carbonyl (C=O) groups is 1. The van der Waals surface area contributed by atoms with Gasteiger partial charge in [0.25, 0.3) is 5.91 Å². The van der Waals surface area contributed by atoms with Gasteiger partial charge >= 0.3 is 0 Å². The fraction of sp³-hybridized carbons (Fsp3) is 0.357. The number of hydrogen-bond acceptors (Lipinski definition) is 5. The van der Waals surface area contributed by atoms with Crippen molar-refractivity contribution in [2.75, 3.05) is 20.3 Å². The van der Waals surface area contributed by atoms with E-state index in [4.69, 9.17) is 14.5 Å². The van der Waals surface area contributed by atoms with Crippen LogP contribution in [0.2, 0.25) is 0 Å². The van der Waals surface area contributed by atoms with Crippen molar-refractivity contribution in [2.45, 2.75) is 39.2 Å². The van der Waals surface area contributed by atoms with E-state index in [1.54, 1.807) is 18.4 Å². The van der Waals surface area contributed by atoms with E-state index in [-0.39, 0.29) is 11.4 Å². The molecule has 0 unspecified atom stereocenters. The molecule has 0 atom stereocenters. The summed E-state index contributed by atoms with van der Waals surface area (Å²) < 4.78 is 13.2. The Labute approximate surface area is 210 Å². The molecule has 5 rings (SSSR count). The molecule has 35 heavy (non-hydrogen) atoms. The summed E-state index contributed by atoms with van der Waals surface area (Å²) in [5.74, 6) is 1.86. The molecule has 182 valence electrons. The van der Waals surface area contributed by atoms with E-state index < -0.39 is 0 Å². The zero-order chi connectivity index (χ0) is 24.7. The number of carbonyl (C=O) groups excluding carboxylic acids is 1. The molecule has 2 aromatic heterocycles. The van der Waals surface area contributed by atoms with Crippen molar-refractivity contribution in [2.24, 2.45) is 5.92 Å². The van der Waals surface area contributed by atoms with E-state index in [0.717, 1.165) is 51.8 Å². The minimum absolute atomic E-state index is 0.149. The second kappa shape index (κ2) is 9.13. The number of hydrogen-bond donors (Lipinski definition) is 1. The maximum absolute atomic E-state index is 13.4. The molecular formula is C28H31N3O3S. The fourth-order valence-corrected chi connectivity index (χ4v) is 5.30. The summed E-state index contributed by atoms with van der Waals surface area (Å²) >= 11 is 1.62. The molecule has 4 heterocycles. The smallest absolute Gasteiger partial charge is 0.272 e. The third-order valence-corrected chi connectivity index (χ3v) is 7.35. The maximum atomic E-state index is 13.4. The van der Waals surface area contributed by atoms with E-state index in [1.807, 2.05) is 30.5 Å². The highest BCUT2D eigenvalue weighted by Gasteiger charge is 2.37. The van der Waals surface area contributed by atoms with Crippen LogP contribution in [0, 0.1) is 5.92 Å². The fourth-order valence-electron chi connectivity index (χ4n) is 4.60. The number of nitrogens with one attached hydrogen (secondary N) is 1. The van der Waals surface area contributed by atoms with E-state index in [0.29, 0.717) is 24.8 Å². The molecule has 1 aromatic carbocycles. The lowest BCUT2D eigenvalue weighted by molar-refractivity contribution is -0.0594. The van der Waals surface area contributed by atoms with Gasteiger partial charge in [-0.3, -0.25) is 9.36 Å². The summed E-state index contributed by atoms with van der Waals surface area (Å²) in [4.78, 5) is 19.3. The SMILES string of the molecule is C=C(/C=C\C(C)C)c1cc2c(cc1OC)CCc1c(C(=O)NC3(C)COC3)nc(-c3cccs3)n1-2. The number of rotatable bonds is 7. The van der Waals surface area contributed by atoms with Crippen molar-refractivity contribution < 1.29 is 14.3 Å². The molecule has 6 nitrogen and oxygen atoms in total. The monoisotopic (exact) mass is 489 g/mol. The molecule has 1 N–H and O–H groups in total. The van der Waals surface area contributed by atoms with E-state index >= 15 is 0 Å². The first-order valence-corrected chi connectivity index (χ1v) is 12.8. The van der Waals surface area contributed by atoms with Crippen molar-refractivity contribution >= 4 is 22.8 Å². The van der Waals surface area contributed by atoms with Gasteiger partial charge in [0.05, 0.1) is 42.1 Å². The Balaban J connectivity index is 1.65. The van der Waals surface area contributed by atoms with Gasteiger partial charge in [-0.25, -0.2) is 4.98 Å². The number of aromatic nitrogens is 2. The van der Waals surface area contributed by atoms with Crippen molar-refractivity contribution in [3.05, 3.63) is 70.9 Å². The number of amides is 1. The summed E-state index contributed by atoms with van der Waals surface area (Å²) in [5, 5.41) is 5.17. The number of ether oxygens (including phenoxy) is 2. The van der Waals surface area contributed by atoms with Crippen LogP contribution in [0.1, 0.15) is 48.1 Å².